The van der Waals surface area contributed by atoms with Crippen molar-refractivity contribution in [3.63, 3.8) is 0 Å². The Bertz CT molecular complexity index is 57.1. The Morgan fingerprint density at radius 2 is 2.14 bits per heavy atom. The molecule has 0 N–H and O–H groups in total. The van der Waals surface area contributed by atoms with Crippen molar-refractivity contribution in [3.05, 3.63) is 12.2 Å². The summed E-state index contributed by atoms with van der Waals surface area (Å²) in [6, 6.07) is 0. The molecular weight excluding hydrogens is 98.1 g/mol. The van der Waals surface area contributed by atoms with Gasteiger partial charge in [0.05, 0.1) is 0 Å². The first kappa shape index (κ1) is 6.60. The monoisotopic (exact) mass is 106 g/mol. The van der Waals surface area contributed by atoms with Crippen molar-refractivity contribution < 1.29 is 8.78 Å². The Balaban J connectivity index is 2.97. The van der Waals surface area contributed by atoms with Crippen molar-refractivity contribution in [1.82, 2.24) is 0 Å². The van der Waals surface area contributed by atoms with Crippen molar-refractivity contribution in [2.24, 2.45) is 0 Å². The second kappa shape index (κ2) is 3.78. The van der Waals surface area contributed by atoms with E-state index >= 15 is 0 Å². The van der Waals surface area contributed by atoms with Gasteiger partial charge in [-0.15, -0.1) is 0 Å². The molecule has 0 aliphatic carbocycles. The minimum atomic E-state index is -2.18. The van der Waals surface area contributed by atoms with Gasteiger partial charge in [0.2, 0.25) is 6.43 Å². The first-order chi connectivity index (χ1) is 3.27. The lowest BCUT2D eigenvalue weighted by molar-refractivity contribution is 0.152. The molecule has 0 saturated heterocycles. The van der Waals surface area contributed by atoms with Crippen LogP contribution in [0.4, 0.5) is 8.78 Å². The highest BCUT2D eigenvalue weighted by atomic mass is 19.3. The summed E-state index contributed by atoms with van der Waals surface area (Å²) in [4.78, 5) is 0. The van der Waals surface area contributed by atoms with Crippen LogP contribution in [0, 0.1) is 0 Å². The summed E-state index contributed by atoms with van der Waals surface area (Å²) in [7, 11) is 0. The standard InChI is InChI=1S/C5H8F2/c1-2-3-4-5(6)7/h2-3,5H,4H2,1H3. The maximum atomic E-state index is 11.2. The smallest absolute Gasteiger partial charge is 0.210 e. The topological polar surface area (TPSA) is 0 Å². The number of hydrogen-bond acceptors (Lipinski definition) is 0. The van der Waals surface area contributed by atoms with E-state index in [1.165, 1.54) is 6.08 Å². The van der Waals surface area contributed by atoms with Gasteiger partial charge in [0.25, 0.3) is 0 Å². The molecule has 0 nitrogen and oxygen atoms in total. The van der Waals surface area contributed by atoms with E-state index < -0.39 is 6.43 Å². The van der Waals surface area contributed by atoms with E-state index in [9.17, 15) is 8.78 Å². The highest BCUT2D eigenvalue weighted by Gasteiger charge is 1.94. The molecule has 0 radical (unpaired) electrons. The summed E-state index contributed by atoms with van der Waals surface area (Å²) in [6.07, 6.45) is 0.768. The molecule has 0 bridgehead atoms. The highest BCUT2D eigenvalue weighted by Crippen LogP contribution is 1.98. The predicted molar refractivity (Wildman–Crippen MR) is 25.4 cm³/mol. The van der Waals surface area contributed by atoms with Crippen molar-refractivity contribution >= 4 is 0 Å². The summed E-state index contributed by atoms with van der Waals surface area (Å²) in [6.45, 7) is 1.72. The van der Waals surface area contributed by atoms with Crippen LogP contribution in [-0.2, 0) is 0 Å². The van der Waals surface area contributed by atoms with E-state index in [4.69, 9.17) is 0 Å². The zero-order valence-corrected chi connectivity index (χ0v) is 4.20. The molecule has 0 spiro atoms. The van der Waals surface area contributed by atoms with E-state index in [2.05, 4.69) is 0 Å². The SMILES string of the molecule is CC=CCC(F)F. The molecule has 0 aliphatic rings. The molecular formula is C5H8F2. The van der Waals surface area contributed by atoms with Crippen molar-refractivity contribution in [3.8, 4) is 0 Å². The zero-order valence-electron chi connectivity index (χ0n) is 4.20. The molecule has 0 saturated carbocycles. The minimum Gasteiger partial charge on any atom is -0.210 e. The molecule has 0 atom stereocenters. The lowest BCUT2D eigenvalue weighted by atomic mass is 10.4. The second-order valence-corrected chi connectivity index (χ2v) is 1.20. The van der Waals surface area contributed by atoms with E-state index in [-0.39, 0.29) is 6.42 Å². The van der Waals surface area contributed by atoms with Crippen LogP contribution in [0.25, 0.3) is 0 Å². The van der Waals surface area contributed by atoms with E-state index in [0.717, 1.165) is 0 Å². The number of allylic oxidation sites excluding steroid dienone is 2. The lowest BCUT2D eigenvalue weighted by Crippen LogP contribution is -1.83. The number of halogens is 2. The zero-order chi connectivity index (χ0) is 5.70. The van der Waals surface area contributed by atoms with Crippen LogP contribution in [0.15, 0.2) is 12.2 Å². The third kappa shape index (κ3) is 5.60. The molecule has 0 aromatic rings. The summed E-state index contributed by atoms with van der Waals surface area (Å²) in [5.41, 5.74) is 0. The molecule has 0 fully saturated rings. The average molecular weight is 106 g/mol. The summed E-state index contributed by atoms with van der Waals surface area (Å²) in [5.74, 6) is 0. The fourth-order valence-corrected chi connectivity index (χ4v) is 0.239. The molecule has 0 aromatic heterocycles. The molecule has 2 heteroatoms. The van der Waals surface area contributed by atoms with Crippen LogP contribution in [0.3, 0.4) is 0 Å². The molecule has 0 aromatic carbocycles. The van der Waals surface area contributed by atoms with E-state index in [1.54, 1.807) is 13.0 Å². The van der Waals surface area contributed by atoms with Gasteiger partial charge in [0, 0.05) is 6.42 Å². The van der Waals surface area contributed by atoms with Crippen LogP contribution >= 0.6 is 0 Å². The highest BCUT2D eigenvalue weighted by molar-refractivity contribution is 4.77. The van der Waals surface area contributed by atoms with Crippen LogP contribution in [0.2, 0.25) is 0 Å². The molecule has 0 unspecified atom stereocenters. The Hall–Kier alpha value is -0.400. The molecule has 42 valence electrons. The maximum absolute atomic E-state index is 11.2. The molecule has 0 aliphatic heterocycles. The summed E-state index contributed by atoms with van der Waals surface area (Å²) in [5, 5.41) is 0. The quantitative estimate of drug-likeness (QED) is 0.473. The van der Waals surface area contributed by atoms with Gasteiger partial charge in [-0.1, -0.05) is 12.2 Å². The van der Waals surface area contributed by atoms with Gasteiger partial charge < -0.3 is 0 Å². The van der Waals surface area contributed by atoms with Crippen LogP contribution in [-0.4, -0.2) is 6.43 Å². The number of rotatable bonds is 2. The van der Waals surface area contributed by atoms with E-state index in [0.29, 0.717) is 0 Å². The molecule has 0 rings (SSSR count). The lowest BCUT2D eigenvalue weighted by Gasteiger charge is -1.85. The number of alkyl halides is 2. The van der Waals surface area contributed by atoms with Crippen molar-refractivity contribution in [1.29, 1.82) is 0 Å². The van der Waals surface area contributed by atoms with Gasteiger partial charge in [-0.2, -0.15) is 0 Å². The Morgan fingerprint density at radius 1 is 1.57 bits per heavy atom. The minimum absolute atomic E-state index is 0.115. The van der Waals surface area contributed by atoms with Crippen molar-refractivity contribution in [2.45, 2.75) is 19.8 Å². The first-order valence-electron chi connectivity index (χ1n) is 2.16. The molecule has 7 heavy (non-hydrogen) atoms. The van der Waals surface area contributed by atoms with Crippen LogP contribution < -0.4 is 0 Å². The number of hydrogen-bond donors (Lipinski definition) is 0. The Morgan fingerprint density at radius 3 is 2.29 bits per heavy atom. The third-order valence-electron chi connectivity index (χ3n) is 0.550. The Kier molecular flexibility index (Phi) is 3.56. The van der Waals surface area contributed by atoms with Gasteiger partial charge >= 0.3 is 0 Å². The van der Waals surface area contributed by atoms with E-state index in [1.807, 2.05) is 0 Å². The average Bonchev–Trinajstić information content (AvgIpc) is 1.61. The largest absolute Gasteiger partial charge is 0.242 e. The molecule has 0 heterocycles. The van der Waals surface area contributed by atoms with Gasteiger partial charge in [-0.05, 0) is 6.92 Å². The van der Waals surface area contributed by atoms with Gasteiger partial charge in [-0.25, -0.2) is 8.78 Å². The van der Waals surface area contributed by atoms with Gasteiger partial charge in [0.15, 0.2) is 0 Å². The third-order valence-corrected chi connectivity index (χ3v) is 0.550. The fraction of sp³-hybridized carbons (Fsp3) is 0.600. The summed E-state index contributed by atoms with van der Waals surface area (Å²) < 4.78 is 22.3. The maximum Gasteiger partial charge on any atom is 0.242 e. The van der Waals surface area contributed by atoms with Crippen molar-refractivity contribution in [2.75, 3.05) is 0 Å². The fourth-order valence-electron chi connectivity index (χ4n) is 0.239. The molecule has 0 amide bonds. The van der Waals surface area contributed by atoms with Crippen LogP contribution in [0.5, 0.6) is 0 Å². The first-order valence-corrected chi connectivity index (χ1v) is 2.16. The Labute approximate surface area is 41.8 Å². The second-order valence-electron chi connectivity index (χ2n) is 1.20. The van der Waals surface area contributed by atoms with Gasteiger partial charge in [0.1, 0.15) is 0 Å². The normalized spacial score (nSPS) is 11.4. The van der Waals surface area contributed by atoms with Gasteiger partial charge in [-0.3, -0.25) is 0 Å². The predicted octanol–water partition coefficient (Wildman–Crippen LogP) is 2.22. The van der Waals surface area contributed by atoms with Crippen LogP contribution in [0.1, 0.15) is 13.3 Å². The summed E-state index contributed by atoms with van der Waals surface area (Å²) >= 11 is 0.